The van der Waals surface area contributed by atoms with Crippen LogP contribution in [0.15, 0.2) is 16.8 Å². The van der Waals surface area contributed by atoms with Gasteiger partial charge in [0.1, 0.15) is 11.6 Å². The highest BCUT2D eigenvalue weighted by atomic mass is 32.1. The van der Waals surface area contributed by atoms with Crippen molar-refractivity contribution in [3.05, 3.63) is 16.8 Å². The summed E-state index contributed by atoms with van der Waals surface area (Å²) in [5.74, 6) is 0.0741. The van der Waals surface area contributed by atoms with Crippen LogP contribution >= 0.6 is 11.3 Å². The maximum Gasteiger partial charge on any atom is 0.253 e. The number of thiophene rings is 1. The summed E-state index contributed by atoms with van der Waals surface area (Å²) in [5.41, 5.74) is 0.230. The van der Waals surface area contributed by atoms with Crippen molar-refractivity contribution in [1.82, 2.24) is 5.32 Å². The van der Waals surface area contributed by atoms with Crippen LogP contribution in [0.3, 0.4) is 0 Å². The van der Waals surface area contributed by atoms with Crippen molar-refractivity contribution in [2.45, 2.75) is 50.6 Å². The minimum atomic E-state index is -0.634. The number of piperazine rings is 1. The molecule has 1 aliphatic heterocycles. The van der Waals surface area contributed by atoms with Crippen LogP contribution in [-0.4, -0.2) is 23.4 Å². The molecule has 2 fully saturated rings. The molecule has 3 rings (SSSR count). The molecule has 1 aromatic rings. The number of hydrogen-bond acceptors (Lipinski definition) is 3. The predicted octanol–water partition coefficient (Wildman–Crippen LogP) is 2.30. The number of carbonyl (C=O) groups is 2. The fraction of sp³-hybridized carbons (Fsp3) is 0.571. The molecule has 2 aliphatic rings. The zero-order valence-electron chi connectivity index (χ0n) is 11.0. The summed E-state index contributed by atoms with van der Waals surface area (Å²) < 4.78 is 0. The van der Waals surface area contributed by atoms with Crippen molar-refractivity contribution < 1.29 is 9.59 Å². The summed E-state index contributed by atoms with van der Waals surface area (Å²) in [7, 11) is 0. The van der Waals surface area contributed by atoms with E-state index in [1.54, 1.807) is 16.2 Å². The van der Waals surface area contributed by atoms with Crippen LogP contribution in [0.2, 0.25) is 0 Å². The highest BCUT2D eigenvalue weighted by Crippen LogP contribution is 2.37. The van der Waals surface area contributed by atoms with E-state index in [0.29, 0.717) is 6.42 Å². The molecule has 1 aliphatic carbocycles. The first-order chi connectivity index (χ1) is 9.18. The van der Waals surface area contributed by atoms with Gasteiger partial charge in [-0.05, 0) is 30.7 Å². The van der Waals surface area contributed by atoms with E-state index in [1.165, 1.54) is 0 Å². The molecule has 19 heavy (non-hydrogen) atoms. The zero-order valence-corrected chi connectivity index (χ0v) is 11.8. The number of rotatable bonds is 2. The standard InChI is InChI=1S/C14H18N2O2S/c1-2-11-12(17)15-14(6-3-4-7-14)13(18)16(11)10-5-8-19-9-10/h5,8-9,11H,2-4,6-7H2,1H3,(H,15,17). The first-order valence-corrected chi connectivity index (χ1v) is 7.80. The molecule has 0 bridgehead atoms. The van der Waals surface area contributed by atoms with Gasteiger partial charge in [0, 0.05) is 5.38 Å². The van der Waals surface area contributed by atoms with Gasteiger partial charge < -0.3 is 5.32 Å². The second-order valence-corrected chi connectivity index (χ2v) is 6.14. The van der Waals surface area contributed by atoms with Gasteiger partial charge in [0.2, 0.25) is 5.91 Å². The van der Waals surface area contributed by atoms with Crippen molar-refractivity contribution in [3.8, 4) is 0 Å². The average molecular weight is 278 g/mol. The fourth-order valence-electron chi connectivity index (χ4n) is 3.24. The lowest BCUT2D eigenvalue weighted by molar-refractivity contribution is -0.138. The molecule has 1 atom stereocenters. The van der Waals surface area contributed by atoms with Crippen LogP contribution < -0.4 is 10.2 Å². The van der Waals surface area contributed by atoms with Crippen molar-refractivity contribution in [2.24, 2.45) is 0 Å². The SMILES string of the molecule is CCC1C(=O)NC2(CCCC2)C(=O)N1c1ccsc1. The number of hydrogen-bond donors (Lipinski definition) is 1. The third-order valence-electron chi connectivity index (χ3n) is 4.23. The lowest BCUT2D eigenvalue weighted by atomic mass is 9.90. The number of nitrogens with one attached hydrogen (secondary N) is 1. The lowest BCUT2D eigenvalue weighted by Crippen LogP contribution is -2.69. The van der Waals surface area contributed by atoms with Gasteiger partial charge in [-0.3, -0.25) is 14.5 Å². The van der Waals surface area contributed by atoms with Crippen LogP contribution in [0.1, 0.15) is 39.0 Å². The molecule has 1 N–H and O–H groups in total. The molecule has 2 amide bonds. The normalized spacial score (nSPS) is 25.9. The Balaban J connectivity index is 2.01. The summed E-state index contributed by atoms with van der Waals surface area (Å²) >= 11 is 1.55. The summed E-state index contributed by atoms with van der Waals surface area (Å²) in [6, 6.07) is 1.56. The van der Waals surface area contributed by atoms with Gasteiger partial charge in [-0.2, -0.15) is 11.3 Å². The van der Waals surface area contributed by atoms with Gasteiger partial charge in [-0.1, -0.05) is 19.8 Å². The first-order valence-electron chi connectivity index (χ1n) is 6.86. The maximum absolute atomic E-state index is 12.9. The molecule has 1 aromatic heterocycles. The Morgan fingerprint density at radius 2 is 2.16 bits per heavy atom. The van der Waals surface area contributed by atoms with Crippen molar-refractivity contribution >= 4 is 28.8 Å². The number of nitrogens with zero attached hydrogens (tertiary/aromatic N) is 1. The number of carbonyl (C=O) groups excluding carboxylic acids is 2. The Morgan fingerprint density at radius 1 is 1.42 bits per heavy atom. The minimum Gasteiger partial charge on any atom is -0.340 e. The largest absolute Gasteiger partial charge is 0.340 e. The molecule has 0 aromatic carbocycles. The number of amides is 2. The molecular formula is C14H18N2O2S. The van der Waals surface area contributed by atoms with E-state index in [4.69, 9.17) is 0 Å². The Morgan fingerprint density at radius 3 is 2.74 bits per heavy atom. The molecule has 1 saturated heterocycles. The van der Waals surface area contributed by atoms with E-state index >= 15 is 0 Å². The van der Waals surface area contributed by atoms with E-state index < -0.39 is 5.54 Å². The molecule has 4 nitrogen and oxygen atoms in total. The molecule has 2 heterocycles. The summed E-state index contributed by atoms with van der Waals surface area (Å²) in [5, 5.41) is 6.90. The highest BCUT2D eigenvalue weighted by molar-refractivity contribution is 7.08. The molecular weight excluding hydrogens is 260 g/mol. The first kappa shape index (κ1) is 12.7. The highest BCUT2D eigenvalue weighted by Gasteiger charge is 2.52. The van der Waals surface area contributed by atoms with Crippen molar-refractivity contribution in [2.75, 3.05) is 4.90 Å². The third kappa shape index (κ3) is 1.87. The fourth-order valence-corrected chi connectivity index (χ4v) is 3.87. The zero-order chi connectivity index (χ0) is 13.5. The molecule has 1 spiro atoms. The summed E-state index contributed by atoms with van der Waals surface area (Å²) in [4.78, 5) is 26.9. The Hall–Kier alpha value is -1.36. The number of anilines is 1. The van der Waals surface area contributed by atoms with E-state index in [2.05, 4.69) is 5.32 Å². The van der Waals surface area contributed by atoms with Crippen LogP contribution in [0.4, 0.5) is 5.69 Å². The summed E-state index contributed by atoms with van der Waals surface area (Å²) in [6.45, 7) is 1.95. The Labute approximate surface area is 116 Å². The molecule has 1 saturated carbocycles. The minimum absolute atomic E-state index is 0.00444. The van der Waals surface area contributed by atoms with Gasteiger partial charge >= 0.3 is 0 Å². The monoisotopic (exact) mass is 278 g/mol. The molecule has 1 unspecified atom stereocenters. The second-order valence-electron chi connectivity index (χ2n) is 5.36. The van der Waals surface area contributed by atoms with Crippen LogP contribution in [0, 0.1) is 0 Å². The lowest BCUT2D eigenvalue weighted by Gasteiger charge is -2.43. The van der Waals surface area contributed by atoms with Gasteiger partial charge in [0.15, 0.2) is 0 Å². The second kappa shape index (κ2) is 4.63. The quantitative estimate of drug-likeness (QED) is 0.902. The smallest absolute Gasteiger partial charge is 0.253 e. The van der Waals surface area contributed by atoms with Crippen molar-refractivity contribution in [3.63, 3.8) is 0 Å². The topological polar surface area (TPSA) is 49.4 Å². The van der Waals surface area contributed by atoms with E-state index in [1.807, 2.05) is 23.8 Å². The maximum atomic E-state index is 12.9. The van der Waals surface area contributed by atoms with E-state index in [9.17, 15) is 9.59 Å². The van der Waals surface area contributed by atoms with Gasteiger partial charge in [0.05, 0.1) is 5.69 Å². The molecule has 0 radical (unpaired) electrons. The van der Waals surface area contributed by atoms with Crippen LogP contribution in [0.5, 0.6) is 0 Å². The molecule has 5 heteroatoms. The van der Waals surface area contributed by atoms with Gasteiger partial charge in [-0.15, -0.1) is 0 Å². The third-order valence-corrected chi connectivity index (χ3v) is 4.90. The van der Waals surface area contributed by atoms with Gasteiger partial charge in [-0.25, -0.2) is 0 Å². The summed E-state index contributed by atoms with van der Waals surface area (Å²) in [6.07, 6.45) is 4.22. The Bertz CT molecular complexity index is 492. The van der Waals surface area contributed by atoms with Crippen molar-refractivity contribution in [1.29, 1.82) is 0 Å². The average Bonchev–Trinajstić information content (AvgIpc) is 3.05. The van der Waals surface area contributed by atoms with E-state index in [-0.39, 0.29) is 17.9 Å². The van der Waals surface area contributed by atoms with E-state index in [0.717, 1.165) is 31.4 Å². The van der Waals surface area contributed by atoms with Crippen LogP contribution in [-0.2, 0) is 9.59 Å². The Kier molecular flexibility index (Phi) is 3.09. The predicted molar refractivity (Wildman–Crippen MR) is 75.2 cm³/mol. The van der Waals surface area contributed by atoms with Gasteiger partial charge in [0.25, 0.3) is 5.91 Å². The molecule has 102 valence electrons. The van der Waals surface area contributed by atoms with Crippen LogP contribution in [0.25, 0.3) is 0 Å².